The molecule has 1 aromatic heterocycles. The average molecular weight is 253 g/mol. The van der Waals surface area contributed by atoms with Crippen molar-refractivity contribution in [3.63, 3.8) is 0 Å². The second kappa shape index (κ2) is 6.15. The molecule has 0 bridgehead atoms. The van der Waals surface area contributed by atoms with E-state index in [9.17, 15) is 13.2 Å². The molecule has 1 N–H and O–H groups in total. The summed E-state index contributed by atoms with van der Waals surface area (Å²) in [5.41, 5.74) is -4.12. The molecule has 0 unspecified atom stereocenters. The molecule has 0 aliphatic carbocycles. The third-order valence-electron chi connectivity index (χ3n) is 2.00. The molecule has 0 saturated carbocycles. The van der Waals surface area contributed by atoms with E-state index in [0.717, 1.165) is 12.4 Å². The van der Waals surface area contributed by atoms with Crippen LogP contribution in [0.25, 0.3) is 0 Å². The summed E-state index contributed by atoms with van der Waals surface area (Å²) in [7, 11) is 0. The van der Waals surface area contributed by atoms with Gasteiger partial charge < -0.3 is 9.88 Å². The number of hydrogen-bond donors (Lipinski definition) is 1. The summed E-state index contributed by atoms with van der Waals surface area (Å²) < 4.78 is 37.2. The summed E-state index contributed by atoms with van der Waals surface area (Å²) in [6.45, 7) is 3.62. The Morgan fingerprint density at radius 1 is 1.44 bits per heavy atom. The molecule has 0 aliphatic heterocycles. The monoisotopic (exact) mass is 253 g/mol. The first-order valence-electron chi connectivity index (χ1n) is 4.88. The number of aryl methyl sites for hydroxylation is 1. The molecule has 0 amide bonds. The molecule has 0 aliphatic rings. The molecule has 1 rings (SSSR count). The largest absolute Gasteiger partial charge is 0.441 e. The molecule has 1 aromatic rings. The molecule has 0 fully saturated rings. The number of nitrogens with one attached hydrogen (secondary N) is 1. The highest BCUT2D eigenvalue weighted by molar-refractivity contribution is 8.00. The Morgan fingerprint density at radius 2 is 2.19 bits per heavy atom. The van der Waals surface area contributed by atoms with Crippen LogP contribution in [0.2, 0.25) is 0 Å². The Kier molecular flexibility index (Phi) is 5.14. The van der Waals surface area contributed by atoms with E-state index in [0.29, 0.717) is 13.1 Å². The number of hydrogen-bond acceptors (Lipinski definition) is 3. The predicted molar refractivity (Wildman–Crippen MR) is 58.3 cm³/mol. The third-order valence-corrected chi connectivity index (χ3v) is 2.73. The predicted octanol–water partition coefficient (Wildman–Crippen LogP) is 2.03. The fourth-order valence-electron chi connectivity index (χ4n) is 1.20. The quantitative estimate of drug-likeness (QED) is 0.787. The molecular formula is C9H14F3N3S. The molecule has 0 spiro atoms. The van der Waals surface area contributed by atoms with Gasteiger partial charge in [-0.2, -0.15) is 13.2 Å². The Hall–Kier alpha value is -0.690. The van der Waals surface area contributed by atoms with Gasteiger partial charge in [-0.3, -0.25) is 0 Å². The van der Waals surface area contributed by atoms with E-state index >= 15 is 0 Å². The van der Waals surface area contributed by atoms with Gasteiger partial charge >= 0.3 is 5.51 Å². The van der Waals surface area contributed by atoms with E-state index < -0.39 is 5.51 Å². The van der Waals surface area contributed by atoms with Gasteiger partial charge in [0.25, 0.3) is 0 Å². The van der Waals surface area contributed by atoms with Gasteiger partial charge in [0.15, 0.2) is 0 Å². The lowest BCUT2D eigenvalue weighted by atomic mass is 10.5. The van der Waals surface area contributed by atoms with Crippen LogP contribution >= 0.6 is 11.8 Å². The lowest BCUT2D eigenvalue weighted by Gasteiger charge is -2.08. The first-order valence-corrected chi connectivity index (χ1v) is 5.87. The van der Waals surface area contributed by atoms with Crippen molar-refractivity contribution in [2.75, 3.05) is 18.8 Å². The second-order valence-corrected chi connectivity index (χ2v) is 4.37. The number of aromatic nitrogens is 2. The molecule has 0 saturated heterocycles. The van der Waals surface area contributed by atoms with Crippen LogP contribution in [0, 0.1) is 6.92 Å². The molecule has 3 nitrogen and oxygen atoms in total. The lowest BCUT2D eigenvalue weighted by Crippen LogP contribution is -2.23. The first kappa shape index (κ1) is 13.4. The van der Waals surface area contributed by atoms with Crippen molar-refractivity contribution in [2.45, 2.75) is 19.0 Å². The van der Waals surface area contributed by atoms with Gasteiger partial charge in [0.1, 0.15) is 5.82 Å². The normalized spacial score (nSPS) is 12.0. The van der Waals surface area contributed by atoms with Gasteiger partial charge in [-0.05, 0) is 18.7 Å². The van der Waals surface area contributed by atoms with E-state index in [-0.39, 0.29) is 17.5 Å². The van der Waals surface area contributed by atoms with E-state index in [2.05, 4.69) is 10.3 Å². The van der Waals surface area contributed by atoms with Gasteiger partial charge in [0.2, 0.25) is 0 Å². The van der Waals surface area contributed by atoms with Gasteiger partial charge in [-0.1, -0.05) is 0 Å². The molecule has 1 heterocycles. The number of rotatable bonds is 6. The summed E-state index contributed by atoms with van der Waals surface area (Å²) >= 11 is 0.00299. The Balaban J connectivity index is 2.03. The number of halogens is 3. The molecule has 7 heteroatoms. The van der Waals surface area contributed by atoms with E-state index in [4.69, 9.17) is 0 Å². The van der Waals surface area contributed by atoms with Crippen molar-refractivity contribution in [1.82, 2.24) is 14.9 Å². The highest BCUT2D eigenvalue weighted by Gasteiger charge is 2.27. The van der Waals surface area contributed by atoms with Gasteiger partial charge in [0, 0.05) is 37.8 Å². The third kappa shape index (κ3) is 5.41. The minimum atomic E-state index is -4.12. The lowest BCUT2D eigenvalue weighted by molar-refractivity contribution is -0.0327. The van der Waals surface area contributed by atoms with Crippen molar-refractivity contribution in [1.29, 1.82) is 0 Å². The van der Waals surface area contributed by atoms with Crippen LogP contribution in [0.1, 0.15) is 5.82 Å². The standard InChI is InChI=1S/C9H14F3N3S/c1-8-14-3-6-15(8)5-2-13-4-7-16-9(10,11)12/h3,6,13H,2,4-5,7H2,1H3. The average Bonchev–Trinajstić information content (AvgIpc) is 2.56. The molecule has 0 atom stereocenters. The number of imidazole rings is 1. The van der Waals surface area contributed by atoms with Gasteiger partial charge in [-0.25, -0.2) is 4.98 Å². The zero-order valence-electron chi connectivity index (χ0n) is 8.92. The number of thioether (sulfide) groups is 1. The van der Waals surface area contributed by atoms with Crippen LogP contribution in [0.15, 0.2) is 12.4 Å². The van der Waals surface area contributed by atoms with Crippen molar-refractivity contribution in [3.05, 3.63) is 18.2 Å². The van der Waals surface area contributed by atoms with Crippen molar-refractivity contribution < 1.29 is 13.2 Å². The van der Waals surface area contributed by atoms with Crippen LogP contribution in [0.5, 0.6) is 0 Å². The van der Waals surface area contributed by atoms with Crippen molar-refractivity contribution >= 4 is 11.8 Å². The van der Waals surface area contributed by atoms with Crippen molar-refractivity contribution in [2.24, 2.45) is 0 Å². The fourth-order valence-corrected chi connectivity index (χ4v) is 1.68. The maximum absolute atomic E-state index is 11.8. The summed E-state index contributed by atoms with van der Waals surface area (Å²) in [4.78, 5) is 4.05. The maximum atomic E-state index is 11.8. The van der Waals surface area contributed by atoms with Crippen molar-refractivity contribution in [3.8, 4) is 0 Å². The van der Waals surface area contributed by atoms with Crippen LogP contribution in [-0.4, -0.2) is 33.9 Å². The van der Waals surface area contributed by atoms with Crippen LogP contribution in [0.3, 0.4) is 0 Å². The molecule has 16 heavy (non-hydrogen) atoms. The molecular weight excluding hydrogens is 239 g/mol. The second-order valence-electron chi connectivity index (χ2n) is 3.21. The Labute approximate surface area is 96.4 Å². The SMILES string of the molecule is Cc1nccn1CCNCCSC(F)(F)F. The topological polar surface area (TPSA) is 29.9 Å². The molecule has 0 radical (unpaired) electrons. The molecule has 0 aromatic carbocycles. The van der Waals surface area contributed by atoms with E-state index in [1.54, 1.807) is 6.20 Å². The Bertz CT molecular complexity index is 311. The minimum absolute atomic E-state index is 0.00299. The molecule has 92 valence electrons. The zero-order valence-corrected chi connectivity index (χ0v) is 9.74. The van der Waals surface area contributed by atoms with E-state index in [1.165, 1.54) is 0 Å². The number of nitrogens with zero attached hydrogens (tertiary/aromatic N) is 2. The van der Waals surface area contributed by atoms with Gasteiger partial charge in [-0.15, -0.1) is 0 Å². The van der Waals surface area contributed by atoms with Gasteiger partial charge in [0.05, 0.1) is 0 Å². The minimum Gasteiger partial charge on any atom is -0.334 e. The van der Waals surface area contributed by atoms with Crippen LogP contribution < -0.4 is 5.32 Å². The fraction of sp³-hybridized carbons (Fsp3) is 0.667. The zero-order chi connectivity index (χ0) is 12.0. The summed E-state index contributed by atoms with van der Waals surface area (Å²) in [6, 6.07) is 0. The Morgan fingerprint density at radius 3 is 2.75 bits per heavy atom. The highest BCUT2D eigenvalue weighted by Crippen LogP contribution is 2.29. The summed E-state index contributed by atoms with van der Waals surface area (Å²) in [5.74, 6) is 0.957. The summed E-state index contributed by atoms with van der Waals surface area (Å²) in [5, 5.41) is 2.95. The smallest absolute Gasteiger partial charge is 0.334 e. The highest BCUT2D eigenvalue weighted by atomic mass is 32.2. The number of alkyl halides is 3. The first-order chi connectivity index (χ1) is 7.49. The van der Waals surface area contributed by atoms with Crippen LogP contribution in [-0.2, 0) is 6.54 Å². The maximum Gasteiger partial charge on any atom is 0.441 e. The van der Waals surface area contributed by atoms with Crippen LogP contribution in [0.4, 0.5) is 13.2 Å². The summed E-state index contributed by atoms with van der Waals surface area (Å²) in [6.07, 6.45) is 3.55. The van der Waals surface area contributed by atoms with E-state index in [1.807, 2.05) is 17.7 Å².